The summed E-state index contributed by atoms with van der Waals surface area (Å²) in [6, 6.07) is 0. The molecule has 1 aromatic heterocycles. The summed E-state index contributed by atoms with van der Waals surface area (Å²) in [6.07, 6.45) is -4.08. The highest BCUT2D eigenvalue weighted by atomic mass is 19.4. The van der Waals surface area contributed by atoms with Gasteiger partial charge < -0.3 is 9.30 Å². The van der Waals surface area contributed by atoms with Crippen molar-refractivity contribution >= 4 is 5.78 Å². The lowest BCUT2D eigenvalue weighted by Crippen LogP contribution is -2.42. The summed E-state index contributed by atoms with van der Waals surface area (Å²) < 4.78 is 44.6. The lowest BCUT2D eigenvalue weighted by Gasteiger charge is -2.31. The molecule has 0 radical (unpaired) electrons. The fourth-order valence-electron chi connectivity index (χ4n) is 2.73. The number of fused-ring (bicyclic) bond motifs is 1. The molecule has 0 saturated carbocycles. The standard InChI is InChI=1S/C12H15F3N4O2/c13-12(14,15)11-17-16-10-6-18(2-3-19(10)11)5-8-7-21-4-1-9(8)20/h8H,1-7H2. The van der Waals surface area contributed by atoms with E-state index in [0.717, 1.165) is 4.57 Å². The zero-order valence-electron chi connectivity index (χ0n) is 11.3. The van der Waals surface area contributed by atoms with Gasteiger partial charge in [-0.3, -0.25) is 9.69 Å². The first-order valence-electron chi connectivity index (χ1n) is 6.77. The minimum Gasteiger partial charge on any atom is -0.380 e. The van der Waals surface area contributed by atoms with E-state index < -0.39 is 12.0 Å². The van der Waals surface area contributed by atoms with Crippen LogP contribution in [0.15, 0.2) is 0 Å². The van der Waals surface area contributed by atoms with Crippen LogP contribution in [0.25, 0.3) is 0 Å². The predicted molar refractivity (Wildman–Crippen MR) is 64.2 cm³/mol. The molecule has 21 heavy (non-hydrogen) atoms. The van der Waals surface area contributed by atoms with E-state index in [4.69, 9.17) is 4.74 Å². The lowest BCUT2D eigenvalue weighted by atomic mass is 10.00. The highest BCUT2D eigenvalue weighted by molar-refractivity contribution is 5.82. The van der Waals surface area contributed by atoms with Gasteiger partial charge in [-0.1, -0.05) is 0 Å². The van der Waals surface area contributed by atoms with Gasteiger partial charge in [0.25, 0.3) is 0 Å². The Hall–Kier alpha value is -1.48. The Morgan fingerprint density at radius 2 is 2.10 bits per heavy atom. The van der Waals surface area contributed by atoms with Crippen LogP contribution in [-0.4, -0.2) is 51.8 Å². The van der Waals surface area contributed by atoms with Crippen molar-refractivity contribution in [2.45, 2.75) is 25.7 Å². The zero-order valence-corrected chi connectivity index (χ0v) is 11.3. The number of alkyl halides is 3. The quantitative estimate of drug-likeness (QED) is 0.806. The average molecular weight is 304 g/mol. The number of carbonyl (C=O) groups excluding carboxylic acids is 1. The maximum atomic E-state index is 12.7. The molecular weight excluding hydrogens is 289 g/mol. The molecule has 0 spiro atoms. The van der Waals surface area contributed by atoms with Gasteiger partial charge >= 0.3 is 6.18 Å². The first-order chi connectivity index (χ1) is 9.95. The van der Waals surface area contributed by atoms with E-state index in [0.29, 0.717) is 32.7 Å². The maximum Gasteiger partial charge on any atom is 0.451 e. The minimum absolute atomic E-state index is 0.157. The second kappa shape index (κ2) is 5.38. The Balaban J connectivity index is 1.68. The number of halogens is 3. The van der Waals surface area contributed by atoms with Crippen LogP contribution in [0.5, 0.6) is 0 Å². The molecule has 2 aliphatic rings. The number of carbonyl (C=O) groups is 1. The van der Waals surface area contributed by atoms with Crippen molar-refractivity contribution in [3.63, 3.8) is 0 Å². The third-order valence-electron chi connectivity index (χ3n) is 3.83. The van der Waals surface area contributed by atoms with Gasteiger partial charge in [-0.05, 0) is 0 Å². The molecule has 0 bridgehead atoms. The highest BCUT2D eigenvalue weighted by Gasteiger charge is 2.39. The molecular formula is C12H15F3N4O2. The monoisotopic (exact) mass is 304 g/mol. The van der Waals surface area contributed by atoms with Gasteiger partial charge in [-0.25, -0.2) is 0 Å². The number of ketones is 1. The molecule has 3 rings (SSSR count). The SMILES string of the molecule is O=C1CCOCC1CN1CCn2c(nnc2C(F)(F)F)C1. The maximum absolute atomic E-state index is 12.7. The molecule has 1 aromatic rings. The average Bonchev–Trinajstić information content (AvgIpc) is 2.84. The topological polar surface area (TPSA) is 60.2 Å². The first kappa shape index (κ1) is 14.5. The lowest BCUT2D eigenvalue weighted by molar-refractivity contribution is -0.148. The molecule has 1 unspecified atom stereocenters. The summed E-state index contributed by atoms with van der Waals surface area (Å²) in [6.45, 7) is 2.23. The van der Waals surface area contributed by atoms with Gasteiger partial charge in [-0.2, -0.15) is 13.2 Å². The molecule has 0 aliphatic carbocycles. The van der Waals surface area contributed by atoms with Gasteiger partial charge in [0.2, 0.25) is 5.82 Å². The summed E-state index contributed by atoms with van der Waals surface area (Å²) in [7, 11) is 0. The van der Waals surface area contributed by atoms with Crippen molar-refractivity contribution in [2.24, 2.45) is 5.92 Å². The number of ether oxygens (including phenoxy) is 1. The van der Waals surface area contributed by atoms with Gasteiger partial charge in [0, 0.05) is 26.1 Å². The Bertz CT molecular complexity index is 543. The van der Waals surface area contributed by atoms with Gasteiger partial charge in [0.05, 0.1) is 25.7 Å². The van der Waals surface area contributed by atoms with Crippen molar-refractivity contribution in [3.8, 4) is 0 Å². The minimum atomic E-state index is -4.49. The van der Waals surface area contributed by atoms with Crippen LogP contribution in [0.2, 0.25) is 0 Å². The molecule has 2 aliphatic heterocycles. The number of Topliss-reactive ketones (excluding diaryl/α,β-unsaturated/α-hetero) is 1. The third-order valence-corrected chi connectivity index (χ3v) is 3.83. The molecule has 1 saturated heterocycles. The molecule has 1 atom stereocenters. The number of aromatic nitrogens is 3. The summed E-state index contributed by atoms with van der Waals surface area (Å²) in [4.78, 5) is 13.7. The van der Waals surface area contributed by atoms with E-state index in [1.165, 1.54) is 0 Å². The van der Waals surface area contributed by atoms with Crippen LogP contribution >= 0.6 is 0 Å². The van der Waals surface area contributed by atoms with E-state index in [-0.39, 0.29) is 30.6 Å². The first-order valence-corrected chi connectivity index (χ1v) is 6.77. The van der Waals surface area contributed by atoms with E-state index in [2.05, 4.69) is 10.2 Å². The molecule has 0 N–H and O–H groups in total. The highest BCUT2D eigenvalue weighted by Crippen LogP contribution is 2.29. The summed E-state index contributed by atoms with van der Waals surface area (Å²) in [5.74, 6) is -0.702. The third kappa shape index (κ3) is 2.93. The van der Waals surface area contributed by atoms with E-state index in [9.17, 15) is 18.0 Å². The molecule has 3 heterocycles. The van der Waals surface area contributed by atoms with Crippen molar-refractivity contribution in [2.75, 3.05) is 26.3 Å². The Morgan fingerprint density at radius 3 is 2.81 bits per heavy atom. The molecule has 116 valence electrons. The largest absolute Gasteiger partial charge is 0.451 e. The number of hydrogen-bond donors (Lipinski definition) is 0. The molecule has 1 fully saturated rings. The van der Waals surface area contributed by atoms with Crippen LogP contribution in [0.3, 0.4) is 0 Å². The predicted octanol–water partition coefficient (Wildman–Crippen LogP) is 0.718. The number of rotatable bonds is 2. The fraction of sp³-hybridized carbons (Fsp3) is 0.750. The fourth-order valence-corrected chi connectivity index (χ4v) is 2.73. The second-order valence-electron chi connectivity index (χ2n) is 5.31. The van der Waals surface area contributed by atoms with Crippen molar-refractivity contribution in [1.29, 1.82) is 0 Å². The Kier molecular flexibility index (Phi) is 3.70. The normalized spacial score (nSPS) is 24.1. The van der Waals surface area contributed by atoms with Crippen LogP contribution in [0, 0.1) is 5.92 Å². The van der Waals surface area contributed by atoms with E-state index >= 15 is 0 Å². The van der Waals surface area contributed by atoms with Crippen LogP contribution in [-0.2, 0) is 28.8 Å². The second-order valence-corrected chi connectivity index (χ2v) is 5.31. The molecule has 9 heteroatoms. The summed E-state index contributed by atoms with van der Waals surface area (Å²) in [5, 5.41) is 6.86. The van der Waals surface area contributed by atoms with E-state index in [1.807, 2.05) is 4.90 Å². The molecule has 0 amide bonds. The Morgan fingerprint density at radius 1 is 1.29 bits per heavy atom. The molecule has 0 aromatic carbocycles. The van der Waals surface area contributed by atoms with Crippen LogP contribution in [0.4, 0.5) is 13.2 Å². The smallest absolute Gasteiger partial charge is 0.380 e. The van der Waals surface area contributed by atoms with Crippen LogP contribution in [0.1, 0.15) is 18.1 Å². The van der Waals surface area contributed by atoms with Crippen molar-refractivity contribution in [1.82, 2.24) is 19.7 Å². The Labute approximate surface area is 118 Å². The molecule has 6 nitrogen and oxygen atoms in total. The number of nitrogens with zero attached hydrogens (tertiary/aromatic N) is 4. The van der Waals surface area contributed by atoms with Gasteiger partial charge in [-0.15, -0.1) is 10.2 Å². The summed E-state index contributed by atoms with van der Waals surface area (Å²) in [5.41, 5.74) is 0. The number of hydrogen-bond acceptors (Lipinski definition) is 5. The van der Waals surface area contributed by atoms with Crippen LogP contribution < -0.4 is 0 Å². The zero-order chi connectivity index (χ0) is 15.0. The van der Waals surface area contributed by atoms with Crippen molar-refractivity contribution in [3.05, 3.63) is 11.6 Å². The van der Waals surface area contributed by atoms with Gasteiger partial charge in [0.15, 0.2) is 0 Å². The summed E-state index contributed by atoms with van der Waals surface area (Å²) >= 11 is 0. The van der Waals surface area contributed by atoms with Crippen molar-refractivity contribution < 1.29 is 22.7 Å². The van der Waals surface area contributed by atoms with E-state index in [1.54, 1.807) is 0 Å². The van der Waals surface area contributed by atoms with Gasteiger partial charge in [0.1, 0.15) is 11.6 Å².